The van der Waals surface area contributed by atoms with Gasteiger partial charge in [-0.1, -0.05) is 0 Å². The molecular formula is C10H7ClF3NO5. The van der Waals surface area contributed by atoms with Crippen LogP contribution in [0.25, 0.3) is 0 Å². The highest BCUT2D eigenvalue weighted by Crippen LogP contribution is 2.36. The van der Waals surface area contributed by atoms with Crippen molar-refractivity contribution < 1.29 is 32.7 Å². The number of benzene rings is 1. The predicted molar refractivity (Wildman–Crippen MR) is 60.9 cm³/mol. The number of halogens is 4. The third-order valence-corrected chi connectivity index (χ3v) is 2.45. The number of alkyl halides is 4. The molecule has 0 aromatic heterocycles. The number of nitro groups is 1. The van der Waals surface area contributed by atoms with E-state index in [9.17, 15) is 28.1 Å². The molecule has 0 amide bonds. The number of carboxylic acid groups (broad SMARTS) is 1. The van der Waals surface area contributed by atoms with Gasteiger partial charge in [-0.15, -0.1) is 11.6 Å². The van der Waals surface area contributed by atoms with E-state index in [1.807, 2.05) is 0 Å². The lowest BCUT2D eigenvalue weighted by Gasteiger charge is -2.11. The molecule has 0 aliphatic heterocycles. The number of carbonyl (C=O) groups is 1. The fraction of sp³-hybridized carbons (Fsp3) is 0.300. The summed E-state index contributed by atoms with van der Waals surface area (Å²) in [7, 11) is 0. The van der Waals surface area contributed by atoms with Gasteiger partial charge in [0.15, 0.2) is 11.1 Å². The highest BCUT2D eigenvalue weighted by atomic mass is 35.5. The lowest BCUT2D eigenvalue weighted by molar-refractivity contribution is -0.386. The van der Waals surface area contributed by atoms with E-state index in [1.165, 1.54) is 0 Å². The van der Waals surface area contributed by atoms with Crippen molar-refractivity contribution in [1.29, 1.82) is 0 Å². The van der Waals surface area contributed by atoms with E-state index in [2.05, 4.69) is 0 Å². The van der Waals surface area contributed by atoms with Gasteiger partial charge in [0.1, 0.15) is 6.61 Å². The highest BCUT2D eigenvalue weighted by molar-refractivity contribution is 6.29. The van der Waals surface area contributed by atoms with Crippen molar-refractivity contribution >= 4 is 23.3 Å². The Labute approximate surface area is 114 Å². The largest absolute Gasteiger partial charge is 0.485 e. The molecule has 0 saturated heterocycles. The number of ether oxygens (including phenoxy) is 1. The van der Waals surface area contributed by atoms with Gasteiger partial charge in [0, 0.05) is 6.07 Å². The number of aliphatic carboxylic acids is 1. The average molecular weight is 314 g/mol. The number of carboxylic acids is 1. The summed E-state index contributed by atoms with van der Waals surface area (Å²) >= 11 is 5.33. The third-order valence-electron chi connectivity index (χ3n) is 2.14. The van der Waals surface area contributed by atoms with E-state index < -0.39 is 46.1 Å². The summed E-state index contributed by atoms with van der Waals surface area (Å²) < 4.78 is 42.0. The first kappa shape index (κ1) is 16.0. The fourth-order valence-corrected chi connectivity index (χ4v) is 1.26. The molecule has 1 rings (SSSR count). The summed E-state index contributed by atoms with van der Waals surface area (Å²) in [6, 6.07) is 1.64. The molecule has 1 N–H and O–H groups in total. The first-order valence-corrected chi connectivity index (χ1v) is 5.42. The molecule has 6 nitrogen and oxygen atoms in total. The van der Waals surface area contributed by atoms with Gasteiger partial charge in [0.05, 0.1) is 10.5 Å². The van der Waals surface area contributed by atoms with Gasteiger partial charge < -0.3 is 9.84 Å². The van der Waals surface area contributed by atoms with Crippen LogP contribution in [0.15, 0.2) is 18.2 Å². The minimum atomic E-state index is -4.74. The molecule has 110 valence electrons. The van der Waals surface area contributed by atoms with Crippen molar-refractivity contribution in [3.8, 4) is 5.75 Å². The molecule has 0 fully saturated rings. The lowest BCUT2D eigenvalue weighted by atomic mass is 10.2. The Morgan fingerprint density at radius 1 is 1.50 bits per heavy atom. The van der Waals surface area contributed by atoms with Crippen LogP contribution >= 0.6 is 11.6 Å². The van der Waals surface area contributed by atoms with Gasteiger partial charge in [-0.3, -0.25) is 14.9 Å². The summed E-state index contributed by atoms with van der Waals surface area (Å²) in [5, 5.41) is 17.7. The molecule has 0 aliphatic rings. The minimum absolute atomic E-state index is 0.305. The Hall–Kier alpha value is -2.03. The lowest BCUT2D eigenvalue weighted by Crippen LogP contribution is -2.21. The summed E-state index contributed by atoms with van der Waals surface area (Å²) in [6.07, 6.45) is -4.74. The van der Waals surface area contributed by atoms with Crippen LogP contribution in [0.5, 0.6) is 5.75 Å². The summed E-state index contributed by atoms with van der Waals surface area (Å²) in [5.41, 5.74) is -2.13. The summed E-state index contributed by atoms with van der Waals surface area (Å²) in [5.74, 6) is -1.91. The maximum absolute atomic E-state index is 12.4. The first-order valence-electron chi connectivity index (χ1n) is 4.98. The second-order valence-electron chi connectivity index (χ2n) is 3.55. The second kappa shape index (κ2) is 5.95. The van der Waals surface area contributed by atoms with Gasteiger partial charge in [-0.25, -0.2) is 0 Å². The van der Waals surface area contributed by atoms with Crippen LogP contribution in [0.1, 0.15) is 5.56 Å². The maximum atomic E-state index is 12.4. The molecule has 1 unspecified atom stereocenters. The van der Waals surface area contributed by atoms with E-state index in [0.29, 0.717) is 12.1 Å². The monoisotopic (exact) mass is 313 g/mol. The van der Waals surface area contributed by atoms with Crippen molar-refractivity contribution in [3.63, 3.8) is 0 Å². The fourth-order valence-electron chi connectivity index (χ4n) is 1.19. The number of nitrogens with zero attached hydrogens (tertiary/aromatic N) is 1. The van der Waals surface area contributed by atoms with Crippen LogP contribution < -0.4 is 4.74 Å². The zero-order valence-electron chi connectivity index (χ0n) is 9.56. The normalized spacial score (nSPS) is 12.8. The quantitative estimate of drug-likeness (QED) is 0.513. The number of nitro benzene ring substituents is 1. The molecule has 20 heavy (non-hydrogen) atoms. The highest BCUT2D eigenvalue weighted by Gasteiger charge is 2.33. The van der Waals surface area contributed by atoms with Crippen molar-refractivity contribution in [1.82, 2.24) is 0 Å². The van der Waals surface area contributed by atoms with Crippen LogP contribution in [0.4, 0.5) is 18.9 Å². The van der Waals surface area contributed by atoms with Crippen molar-refractivity contribution in [2.45, 2.75) is 11.6 Å². The van der Waals surface area contributed by atoms with Crippen molar-refractivity contribution in [3.05, 3.63) is 33.9 Å². The van der Waals surface area contributed by atoms with Crippen LogP contribution in [0.2, 0.25) is 0 Å². The minimum Gasteiger partial charge on any atom is -0.485 e. The second-order valence-corrected chi connectivity index (χ2v) is 4.08. The zero-order valence-corrected chi connectivity index (χ0v) is 10.3. The standard InChI is InChI=1S/C10H7ClF3NO5/c11-6(9(16)17)4-20-8-2-1-5(10(12,13)14)3-7(8)15(18)19/h1-3,6H,4H2,(H,16,17). The Morgan fingerprint density at radius 3 is 2.55 bits per heavy atom. The molecule has 0 radical (unpaired) electrons. The topological polar surface area (TPSA) is 89.7 Å². The van der Waals surface area contributed by atoms with Gasteiger partial charge in [-0.2, -0.15) is 13.2 Å². The molecule has 0 saturated carbocycles. The van der Waals surface area contributed by atoms with Crippen LogP contribution in [0, 0.1) is 10.1 Å². The summed E-state index contributed by atoms with van der Waals surface area (Å²) in [4.78, 5) is 20.1. The van der Waals surface area contributed by atoms with Crippen molar-refractivity contribution in [2.75, 3.05) is 6.61 Å². The van der Waals surface area contributed by atoms with Crippen LogP contribution in [-0.4, -0.2) is 28.0 Å². The van der Waals surface area contributed by atoms with Gasteiger partial charge in [-0.05, 0) is 12.1 Å². The van der Waals surface area contributed by atoms with E-state index in [1.54, 1.807) is 0 Å². The molecule has 0 bridgehead atoms. The zero-order chi connectivity index (χ0) is 15.5. The van der Waals surface area contributed by atoms with Crippen LogP contribution in [0.3, 0.4) is 0 Å². The van der Waals surface area contributed by atoms with E-state index in [-0.39, 0.29) is 0 Å². The van der Waals surface area contributed by atoms with Gasteiger partial charge >= 0.3 is 17.8 Å². The number of rotatable bonds is 5. The molecule has 0 spiro atoms. The van der Waals surface area contributed by atoms with Gasteiger partial charge in [0.2, 0.25) is 0 Å². The van der Waals surface area contributed by atoms with Gasteiger partial charge in [0.25, 0.3) is 0 Å². The molecule has 0 heterocycles. The molecule has 1 aromatic carbocycles. The summed E-state index contributed by atoms with van der Waals surface area (Å²) in [6.45, 7) is -0.622. The first-order chi connectivity index (χ1) is 9.12. The SMILES string of the molecule is O=C(O)C(Cl)COc1ccc(C(F)(F)F)cc1[N+](=O)[O-]. The maximum Gasteiger partial charge on any atom is 0.416 e. The average Bonchev–Trinajstić information content (AvgIpc) is 2.34. The molecule has 1 aromatic rings. The Bertz CT molecular complexity index is 534. The smallest absolute Gasteiger partial charge is 0.416 e. The number of hydrogen-bond donors (Lipinski definition) is 1. The molecule has 0 aliphatic carbocycles. The Kier molecular flexibility index (Phi) is 4.77. The molecular weight excluding hydrogens is 307 g/mol. The number of hydrogen-bond acceptors (Lipinski definition) is 4. The predicted octanol–water partition coefficient (Wildman–Crippen LogP) is 2.68. The molecule has 1 atom stereocenters. The van der Waals surface area contributed by atoms with E-state index in [4.69, 9.17) is 21.4 Å². The third kappa shape index (κ3) is 3.98. The Morgan fingerprint density at radius 2 is 2.10 bits per heavy atom. The van der Waals surface area contributed by atoms with Crippen LogP contribution in [-0.2, 0) is 11.0 Å². The van der Waals surface area contributed by atoms with E-state index in [0.717, 1.165) is 6.07 Å². The molecule has 10 heteroatoms. The van der Waals surface area contributed by atoms with E-state index >= 15 is 0 Å². The Balaban J connectivity index is 3.02. The van der Waals surface area contributed by atoms with Crippen molar-refractivity contribution in [2.24, 2.45) is 0 Å².